The number of halogens is 1. The van der Waals surface area contributed by atoms with Crippen molar-refractivity contribution in [3.05, 3.63) is 71.7 Å². The summed E-state index contributed by atoms with van der Waals surface area (Å²) in [6.07, 6.45) is 3.04. The highest BCUT2D eigenvalue weighted by molar-refractivity contribution is 6.10. The fourth-order valence-electron chi connectivity index (χ4n) is 3.69. The van der Waals surface area contributed by atoms with E-state index in [0.29, 0.717) is 12.0 Å². The highest BCUT2D eigenvalue weighted by Gasteiger charge is 2.39. The molecule has 0 unspecified atom stereocenters. The van der Waals surface area contributed by atoms with Crippen molar-refractivity contribution in [1.82, 2.24) is 19.7 Å². The zero-order valence-corrected chi connectivity index (χ0v) is 16.3. The van der Waals surface area contributed by atoms with Crippen molar-refractivity contribution >= 4 is 11.6 Å². The van der Waals surface area contributed by atoms with Crippen molar-refractivity contribution in [2.75, 3.05) is 5.32 Å². The lowest BCUT2D eigenvalue weighted by Gasteiger charge is -2.19. The Hall–Kier alpha value is -3.17. The van der Waals surface area contributed by atoms with Crippen LogP contribution >= 0.6 is 0 Å². The summed E-state index contributed by atoms with van der Waals surface area (Å²) in [5, 5.41) is 27.5. The van der Waals surface area contributed by atoms with E-state index in [0.717, 1.165) is 0 Å². The minimum absolute atomic E-state index is 0.0763. The van der Waals surface area contributed by atoms with Crippen molar-refractivity contribution < 1.29 is 19.4 Å². The molecule has 0 bridgehead atoms. The van der Waals surface area contributed by atoms with Crippen LogP contribution in [-0.4, -0.2) is 54.0 Å². The number of nitrogens with zero attached hydrogens (tertiary/aromatic N) is 4. The summed E-state index contributed by atoms with van der Waals surface area (Å²) in [4.78, 5) is 21.1. The molecule has 1 fully saturated rings. The van der Waals surface area contributed by atoms with Gasteiger partial charge >= 0.3 is 0 Å². The zero-order valence-electron chi connectivity index (χ0n) is 16.3. The quantitative estimate of drug-likeness (QED) is 0.529. The number of ketones is 1. The van der Waals surface area contributed by atoms with Crippen LogP contribution in [0.2, 0.25) is 0 Å². The van der Waals surface area contributed by atoms with E-state index in [1.807, 2.05) is 6.92 Å². The Balaban J connectivity index is 1.53. The lowest BCUT2D eigenvalue weighted by molar-refractivity contribution is 0.0210. The summed E-state index contributed by atoms with van der Waals surface area (Å²) in [6, 6.07) is 7.50. The van der Waals surface area contributed by atoms with Crippen molar-refractivity contribution in [3.63, 3.8) is 0 Å². The van der Waals surface area contributed by atoms with E-state index >= 15 is 0 Å². The molecule has 156 valence electrons. The molecule has 1 aliphatic rings. The van der Waals surface area contributed by atoms with Crippen LogP contribution in [0.1, 0.15) is 35.0 Å². The molecular formula is C21H22FN5O3. The maximum Gasteiger partial charge on any atom is 0.218 e. The second-order valence-electron chi connectivity index (χ2n) is 7.55. The smallest absolute Gasteiger partial charge is 0.218 e. The van der Waals surface area contributed by atoms with Gasteiger partial charge in [-0.3, -0.25) is 9.48 Å². The second-order valence-corrected chi connectivity index (χ2v) is 7.55. The first-order chi connectivity index (χ1) is 14.4. The number of hydrogen-bond acceptors (Lipinski definition) is 7. The van der Waals surface area contributed by atoms with Gasteiger partial charge in [-0.05, 0) is 24.5 Å². The predicted octanol–water partition coefficient (Wildman–Crippen LogP) is 1.63. The number of aliphatic hydroxyl groups excluding tert-OH is 2. The largest absolute Gasteiger partial charge is 0.390 e. The summed E-state index contributed by atoms with van der Waals surface area (Å²) in [7, 11) is 0. The van der Waals surface area contributed by atoms with E-state index < -0.39 is 24.0 Å². The number of benzene rings is 1. The molecule has 3 N–H and O–H groups in total. The SMILES string of the molecule is C[C@@H]1C[C@@H](Nc2ncncc2C(=O)c2ccn(Cc3ccccc3F)n2)[C@H](O)[C@@H]1O. The fourth-order valence-corrected chi connectivity index (χ4v) is 3.69. The van der Waals surface area contributed by atoms with Gasteiger partial charge < -0.3 is 15.5 Å². The van der Waals surface area contributed by atoms with Gasteiger partial charge in [-0.2, -0.15) is 5.10 Å². The summed E-state index contributed by atoms with van der Waals surface area (Å²) in [5.74, 6) is -0.543. The molecule has 0 radical (unpaired) electrons. The molecule has 0 spiro atoms. The van der Waals surface area contributed by atoms with Crippen LogP contribution in [0.15, 0.2) is 49.1 Å². The van der Waals surface area contributed by atoms with Gasteiger partial charge in [0, 0.05) is 18.0 Å². The maximum atomic E-state index is 13.9. The minimum Gasteiger partial charge on any atom is -0.390 e. The molecule has 1 aliphatic carbocycles. The van der Waals surface area contributed by atoms with Gasteiger partial charge in [0.05, 0.1) is 24.3 Å². The highest BCUT2D eigenvalue weighted by atomic mass is 19.1. The first kappa shape index (κ1) is 20.1. The number of aliphatic hydroxyl groups is 2. The van der Waals surface area contributed by atoms with E-state index in [1.54, 1.807) is 30.5 Å². The predicted molar refractivity (Wildman–Crippen MR) is 106 cm³/mol. The highest BCUT2D eigenvalue weighted by Crippen LogP contribution is 2.29. The normalized spacial score (nSPS) is 23.5. The van der Waals surface area contributed by atoms with Crippen molar-refractivity contribution in [2.24, 2.45) is 5.92 Å². The van der Waals surface area contributed by atoms with E-state index in [1.165, 1.54) is 23.3 Å². The molecule has 0 amide bonds. The molecule has 30 heavy (non-hydrogen) atoms. The lowest BCUT2D eigenvalue weighted by atomic mass is 10.1. The van der Waals surface area contributed by atoms with Crippen molar-refractivity contribution in [2.45, 2.75) is 38.1 Å². The monoisotopic (exact) mass is 411 g/mol. The summed E-state index contributed by atoms with van der Waals surface area (Å²) in [6.45, 7) is 2.05. The van der Waals surface area contributed by atoms with Gasteiger partial charge in [0.15, 0.2) is 0 Å². The van der Waals surface area contributed by atoms with Crippen LogP contribution in [0.5, 0.6) is 0 Å². The lowest BCUT2D eigenvalue weighted by Crippen LogP contribution is -2.35. The number of hydrogen-bond donors (Lipinski definition) is 3. The number of carbonyl (C=O) groups is 1. The number of carbonyl (C=O) groups excluding carboxylic acids is 1. The standard InChI is InChI=1S/C21H22FN5O3/c1-12-8-17(20(30)18(12)28)25-21-14(9-23-11-24-21)19(29)16-6-7-27(26-16)10-13-4-2-3-5-15(13)22/h2-7,9,11-12,17-18,20,28,30H,8,10H2,1H3,(H,23,24,25)/t12-,17-,18-,20+/m1/s1. The van der Waals surface area contributed by atoms with E-state index in [2.05, 4.69) is 20.4 Å². The zero-order chi connectivity index (χ0) is 21.3. The van der Waals surface area contributed by atoms with Gasteiger partial charge in [-0.25, -0.2) is 14.4 Å². The molecule has 2 heterocycles. The number of aromatic nitrogens is 4. The Kier molecular flexibility index (Phi) is 5.56. The summed E-state index contributed by atoms with van der Waals surface area (Å²) in [5.41, 5.74) is 0.840. The molecular weight excluding hydrogens is 389 g/mol. The molecule has 9 heteroatoms. The van der Waals surface area contributed by atoms with Crippen molar-refractivity contribution in [1.29, 1.82) is 0 Å². The molecule has 8 nitrogen and oxygen atoms in total. The average Bonchev–Trinajstić information content (AvgIpc) is 3.30. The molecule has 3 aromatic rings. The fraction of sp³-hybridized carbons (Fsp3) is 0.333. The third-order valence-electron chi connectivity index (χ3n) is 5.41. The van der Waals surface area contributed by atoms with Crippen LogP contribution in [0.25, 0.3) is 0 Å². The number of rotatable bonds is 6. The number of anilines is 1. The van der Waals surface area contributed by atoms with E-state index in [4.69, 9.17) is 0 Å². The van der Waals surface area contributed by atoms with Crippen LogP contribution in [-0.2, 0) is 6.54 Å². The molecule has 4 atom stereocenters. The van der Waals surface area contributed by atoms with Gasteiger partial charge in [0.25, 0.3) is 0 Å². The Morgan fingerprint density at radius 2 is 2.07 bits per heavy atom. The summed E-state index contributed by atoms with van der Waals surface area (Å²) >= 11 is 0. The first-order valence-corrected chi connectivity index (χ1v) is 9.68. The first-order valence-electron chi connectivity index (χ1n) is 9.68. The molecule has 0 aliphatic heterocycles. The summed E-state index contributed by atoms with van der Waals surface area (Å²) < 4.78 is 15.4. The van der Waals surface area contributed by atoms with E-state index in [-0.39, 0.29) is 35.4 Å². The molecule has 1 aromatic carbocycles. The molecule has 1 saturated carbocycles. The maximum absolute atomic E-state index is 13.9. The third-order valence-corrected chi connectivity index (χ3v) is 5.41. The van der Waals surface area contributed by atoms with Crippen LogP contribution in [0, 0.1) is 11.7 Å². The minimum atomic E-state index is -0.960. The van der Waals surface area contributed by atoms with Gasteiger partial charge in [-0.15, -0.1) is 0 Å². The molecule has 2 aromatic heterocycles. The average molecular weight is 411 g/mol. The van der Waals surface area contributed by atoms with Crippen LogP contribution in [0.4, 0.5) is 10.2 Å². The van der Waals surface area contributed by atoms with Crippen LogP contribution in [0.3, 0.4) is 0 Å². The Morgan fingerprint density at radius 3 is 2.80 bits per heavy atom. The topological polar surface area (TPSA) is 113 Å². The Morgan fingerprint density at radius 1 is 1.27 bits per heavy atom. The molecule has 0 saturated heterocycles. The van der Waals surface area contributed by atoms with Gasteiger partial charge in [0.1, 0.15) is 29.8 Å². The molecule has 4 rings (SSSR count). The van der Waals surface area contributed by atoms with Crippen LogP contribution < -0.4 is 5.32 Å². The Labute approximate surface area is 172 Å². The van der Waals surface area contributed by atoms with Gasteiger partial charge in [-0.1, -0.05) is 25.1 Å². The number of nitrogens with one attached hydrogen (secondary N) is 1. The van der Waals surface area contributed by atoms with E-state index in [9.17, 15) is 19.4 Å². The van der Waals surface area contributed by atoms with Gasteiger partial charge in [0.2, 0.25) is 5.78 Å². The third kappa shape index (κ3) is 3.94. The van der Waals surface area contributed by atoms with Crippen molar-refractivity contribution in [3.8, 4) is 0 Å². The second kappa shape index (κ2) is 8.29. The Bertz CT molecular complexity index is 1060.